The van der Waals surface area contributed by atoms with E-state index >= 15 is 0 Å². The van der Waals surface area contributed by atoms with Crippen molar-refractivity contribution in [3.8, 4) is 22.3 Å². The van der Waals surface area contributed by atoms with Gasteiger partial charge in [-0.3, -0.25) is 4.99 Å². The molecule has 4 nitrogen and oxygen atoms in total. The van der Waals surface area contributed by atoms with Crippen LogP contribution in [0.15, 0.2) is 224 Å². The van der Waals surface area contributed by atoms with E-state index in [1.54, 1.807) is 0 Å². The van der Waals surface area contributed by atoms with Crippen LogP contribution in [0, 0.1) is 0 Å². The first-order valence-electron chi connectivity index (χ1n) is 19.3. The number of hydrogen-bond acceptors (Lipinski definition) is 4. The summed E-state index contributed by atoms with van der Waals surface area (Å²) in [6.07, 6.45) is 4.54. The molecule has 6 aliphatic rings. The molecule has 4 heteroatoms. The van der Waals surface area contributed by atoms with Gasteiger partial charge in [0.05, 0.1) is 0 Å². The van der Waals surface area contributed by atoms with Crippen molar-refractivity contribution in [2.75, 3.05) is 4.90 Å². The van der Waals surface area contributed by atoms with E-state index in [1.165, 1.54) is 33.0 Å². The Bertz CT molecular complexity index is 2760. The van der Waals surface area contributed by atoms with Gasteiger partial charge < -0.3 is 15.1 Å². The Balaban J connectivity index is 1.29. The first-order valence-corrected chi connectivity index (χ1v) is 19.3. The molecule has 0 radical (unpaired) electrons. The predicted octanol–water partition coefficient (Wildman–Crippen LogP) is 11.6. The molecule has 266 valence electrons. The molecule has 3 unspecified atom stereocenters. The second kappa shape index (κ2) is 12.7. The summed E-state index contributed by atoms with van der Waals surface area (Å²) in [6.45, 7) is 0. The summed E-state index contributed by atoms with van der Waals surface area (Å²) in [4.78, 5) is 10.7. The molecule has 0 aliphatic carbocycles. The van der Waals surface area contributed by atoms with E-state index in [0.717, 1.165) is 39.3 Å². The maximum Gasteiger partial charge on any atom is 0.171 e. The number of para-hydroxylation sites is 1. The van der Waals surface area contributed by atoms with Crippen LogP contribution in [0.2, 0.25) is 0 Å². The van der Waals surface area contributed by atoms with Gasteiger partial charge in [0.15, 0.2) is 11.3 Å². The van der Waals surface area contributed by atoms with Gasteiger partial charge >= 0.3 is 0 Å². The minimum atomic E-state index is -0.909. The van der Waals surface area contributed by atoms with E-state index in [1.807, 2.05) is 0 Å². The SMILES string of the molecule is C1=CN2C3(NC(c4ccccc4)=NC3c3ccccc3)c3ccc(cc3)-c3cccc4cccc(c34)-c3ccc(cc3)C2(c2ccccc2)N1c1ccccc1. The van der Waals surface area contributed by atoms with Crippen molar-refractivity contribution in [1.29, 1.82) is 0 Å². The predicted molar refractivity (Wildman–Crippen MR) is 229 cm³/mol. The summed E-state index contributed by atoms with van der Waals surface area (Å²) in [7, 11) is 0. The van der Waals surface area contributed by atoms with Crippen LogP contribution in [-0.4, -0.2) is 10.7 Å². The van der Waals surface area contributed by atoms with Gasteiger partial charge in [-0.15, -0.1) is 0 Å². The lowest BCUT2D eigenvalue weighted by molar-refractivity contribution is 0.0310. The fourth-order valence-corrected chi connectivity index (χ4v) is 9.46. The van der Waals surface area contributed by atoms with Gasteiger partial charge in [-0.1, -0.05) is 194 Å². The molecular weight excluding hydrogens is 681 g/mol. The Morgan fingerprint density at radius 1 is 0.446 bits per heavy atom. The molecule has 0 saturated carbocycles. The summed E-state index contributed by atoms with van der Waals surface area (Å²) in [6, 6.07) is 74.6. The minimum absolute atomic E-state index is 0.343. The lowest BCUT2D eigenvalue weighted by Gasteiger charge is -2.55. The van der Waals surface area contributed by atoms with Gasteiger partial charge in [-0.05, 0) is 50.7 Å². The van der Waals surface area contributed by atoms with E-state index < -0.39 is 11.3 Å². The van der Waals surface area contributed by atoms with Crippen LogP contribution >= 0.6 is 0 Å². The largest absolute Gasteiger partial charge is 0.341 e. The second-order valence-corrected chi connectivity index (χ2v) is 14.8. The topological polar surface area (TPSA) is 30.9 Å². The van der Waals surface area contributed by atoms with E-state index in [0.29, 0.717) is 0 Å². The maximum atomic E-state index is 5.69. The van der Waals surface area contributed by atoms with Gasteiger partial charge in [0.2, 0.25) is 0 Å². The third kappa shape index (κ3) is 4.69. The maximum absolute atomic E-state index is 5.69. The van der Waals surface area contributed by atoms with Crippen LogP contribution in [0.5, 0.6) is 0 Å². The Kier molecular flexibility index (Phi) is 7.33. The van der Waals surface area contributed by atoms with E-state index in [4.69, 9.17) is 4.99 Å². The third-order valence-electron chi connectivity index (χ3n) is 11.9. The lowest BCUT2D eigenvalue weighted by Crippen LogP contribution is -2.65. The number of amidine groups is 1. The van der Waals surface area contributed by atoms with Gasteiger partial charge in [0.1, 0.15) is 11.9 Å². The normalized spacial score (nSPS) is 20.6. The summed E-state index contributed by atoms with van der Waals surface area (Å²) in [5, 5.41) is 6.67. The molecule has 0 fully saturated rings. The van der Waals surface area contributed by atoms with Crippen molar-refractivity contribution >= 4 is 22.3 Å². The zero-order valence-electron chi connectivity index (χ0n) is 30.7. The summed E-state index contributed by atoms with van der Waals surface area (Å²) in [5.74, 6) is 0.854. The molecule has 8 aromatic rings. The van der Waals surface area contributed by atoms with Crippen LogP contribution in [0.25, 0.3) is 33.0 Å². The first-order chi connectivity index (χ1) is 27.7. The van der Waals surface area contributed by atoms with Crippen LogP contribution < -0.4 is 10.2 Å². The Hall–Kier alpha value is -7.17. The van der Waals surface area contributed by atoms with Crippen LogP contribution in [0.4, 0.5) is 5.69 Å². The number of anilines is 1. The average molecular weight is 719 g/mol. The van der Waals surface area contributed by atoms with Crippen molar-refractivity contribution in [3.63, 3.8) is 0 Å². The molecular formula is C52H38N4. The van der Waals surface area contributed by atoms with Crippen molar-refractivity contribution in [2.45, 2.75) is 17.4 Å². The molecule has 4 bridgehead atoms. The second-order valence-electron chi connectivity index (χ2n) is 14.8. The molecule has 6 aliphatic heterocycles. The Labute approximate surface area is 327 Å². The smallest absolute Gasteiger partial charge is 0.171 e. The number of nitrogens with zero attached hydrogens (tertiary/aromatic N) is 3. The third-order valence-corrected chi connectivity index (χ3v) is 11.9. The van der Waals surface area contributed by atoms with Crippen LogP contribution in [0.3, 0.4) is 0 Å². The molecule has 0 saturated heterocycles. The zero-order chi connectivity index (χ0) is 37.1. The lowest BCUT2D eigenvalue weighted by atomic mass is 9.79. The zero-order valence-corrected chi connectivity index (χ0v) is 30.7. The molecule has 3 atom stereocenters. The van der Waals surface area contributed by atoms with Crippen molar-refractivity contribution in [3.05, 3.63) is 246 Å². The molecule has 1 N–H and O–H groups in total. The molecule has 0 aromatic heterocycles. The van der Waals surface area contributed by atoms with Gasteiger partial charge in [0, 0.05) is 40.3 Å². The summed E-state index contributed by atoms with van der Waals surface area (Å²) in [5.41, 5.74) is 9.65. The number of nitrogens with one attached hydrogen (secondary N) is 1. The number of aliphatic imine (C=N–C) groups is 1. The Morgan fingerprint density at radius 3 is 1.61 bits per heavy atom. The number of benzene rings is 8. The summed E-state index contributed by atoms with van der Waals surface area (Å²) < 4.78 is 0. The van der Waals surface area contributed by atoms with Crippen LogP contribution in [-0.2, 0) is 11.3 Å². The molecule has 1 spiro atoms. The standard InChI is InChI=1S/C52H38N4/c1-5-15-40(16-6-1)49-51(54-50(53-49)41-17-7-2-8-18-41)42-31-27-37(28-32-42)46-25-13-19-39-20-14-26-47(48(39)46)38-29-33-44(34-30-38)52(43-21-9-3-10-22-43)55(35-36-56(51)52)45-23-11-4-12-24-45/h1-36,49H,(H,53,54). The summed E-state index contributed by atoms with van der Waals surface area (Å²) >= 11 is 0. The minimum Gasteiger partial charge on any atom is -0.341 e. The quantitative estimate of drug-likeness (QED) is 0.197. The van der Waals surface area contributed by atoms with Gasteiger partial charge in [-0.2, -0.15) is 0 Å². The van der Waals surface area contributed by atoms with E-state index in [-0.39, 0.29) is 6.04 Å². The van der Waals surface area contributed by atoms with E-state index in [2.05, 4.69) is 234 Å². The number of rotatable bonds is 4. The highest BCUT2D eigenvalue weighted by Crippen LogP contribution is 2.57. The Morgan fingerprint density at radius 2 is 0.982 bits per heavy atom. The highest BCUT2D eigenvalue weighted by atomic mass is 15.5. The fourth-order valence-electron chi connectivity index (χ4n) is 9.46. The number of hydrogen-bond donors (Lipinski definition) is 1. The molecule has 0 amide bonds. The van der Waals surface area contributed by atoms with E-state index in [9.17, 15) is 0 Å². The monoisotopic (exact) mass is 718 g/mol. The van der Waals surface area contributed by atoms with Gasteiger partial charge in [0.25, 0.3) is 0 Å². The molecule has 6 heterocycles. The van der Waals surface area contributed by atoms with Crippen molar-refractivity contribution < 1.29 is 0 Å². The molecule has 14 rings (SSSR count). The fraction of sp³-hybridized carbons (Fsp3) is 0.0577. The highest BCUT2D eigenvalue weighted by molar-refractivity contribution is 6.06. The van der Waals surface area contributed by atoms with Crippen molar-refractivity contribution in [2.24, 2.45) is 4.99 Å². The average Bonchev–Trinajstić information content (AvgIpc) is 3.89. The van der Waals surface area contributed by atoms with Gasteiger partial charge in [-0.25, -0.2) is 0 Å². The van der Waals surface area contributed by atoms with Crippen LogP contribution in [0.1, 0.15) is 33.9 Å². The molecule has 8 aromatic carbocycles. The highest BCUT2D eigenvalue weighted by Gasteiger charge is 2.61. The molecule has 56 heavy (non-hydrogen) atoms. The van der Waals surface area contributed by atoms with Crippen molar-refractivity contribution in [1.82, 2.24) is 10.2 Å². The first kappa shape index (κ1) is 32.3.